The van der Waals surface area contributed by atoms with Crippen LogP contribution in [0.1, 0.15) is 23.6 Å². The molecule has 6 heteroatoms. The van der Waals surface area contributed by atoms with Gasteiger partial charge in [-0.25, -0.2) is 9.78 Å². The third kappa shape index (κ3) is 3.14. The van der Waals surface area contributed by atoms with Crippen LogP contribution in [0.25, 0.3) is 11.0 Å². The van der Waals surface area contributed by atoms with E-state index in [2.05, 4.69) is 30.1 Å². The highest BCUT2D eigenvalue weighted by Gasteiger charge is 2.17. The van der Waals surface area contributed by atoms with Crippen molar-refractivity contribution < 1.29 is 0 Å². The molecule has 0 saturated carbocycles. The summed E-state index contributed by atoms with van der Waals surface area (Å²) in [5, 5.41) is 0.529. The predicted octanol–water partition coefficient (Wildman–Crippen LogP) is 2.80. The summed E-state index contributed by atoms with van der Waals surface area (Å²) < 4.78 is 2.59. The first-order chi connectivity index (χ1) is 11.9. The molecule has 0 amide bonds. The summed E-state index contributed by atoms with van der Waals surface area (Å²) in [6.45, 7) is 4.12. The smallest absolute Gasteiger partial charge is 0.280 e. The molecular formula is C19H21N3O2S. The number of hydrogen-bond acceptors (Lipinski definition) is 4. The number of fused-ring (bicyclic) bond motifs is 1. The van der Waals surface area contributed by atoms with E-state index in [-0.39, 0.29) is 11.2 Å². The minimum atomic E-state index is -0.358. The molecule has 2 heterocycles. The lowest BCUT2D eigenvalue weighted by Gasteiger charge is -2.13. The topological polar surface area (TPSA) is 56.9 Å². The second-order valence-electron chi connectivity index (χ2n) is 6.15. The third-order valence-corrected chi connectivity index (χ3v) is 5.57. The fraction of sp³-hybridized carbons (Fsp3) is 0.316. The molecule has 0 aliphatic carbocycles. The summed E-state index contributed by atoms with van der Waals surface area (Å²) in [7, 11) is 3.16. The Morgan fingerprint density at radius 1 is 1.16 bits per heavy atom. The Hall–Kier alpha value is -2.34. The highest BCUT2D eigenvalue weighted by Crippen LogP contribution is 2.31. The Bertz CT molecular complexity index is 1070. The lowest BCUT2D eigenvalue weighted by Crippen LogP contribution is -2.37. The summed E-state index contributed by atoms with van der Waals surface area (Å²) in [5.41, 5.74) is 3.25. The van der Waals surface area contributed by atoms with Gasteiger partial charge in [-0.2, -0.15) is 0 Å². The maximum Gasteiger partial charge on any atom is 0.332 e. The average molecular weight is 355 g/mol. The first-order valence-electron chi connectivity index (χ1n) is 8.20. The number of thioether (sulfide) groups is 1. The quantitative estimate of drug-likeness (QED) is 0.675. The maximum absolute atomic E-state index is 12.8. The molecule has 0 bridgehead atoms. The van der Waals surface area contributed by atoms with E-state index in [9.17, 15) is 9.59 Å². The van der Waals surface area contributed by atoms with E-state index >= 15 is 0 Å². The fourth-order valence-electron chi connectivity index (χ4n) is 2.92. The van der Waals surface area contributed by atoms with Crippen LogP contribution >= 0.6 is 11.8 Å². The van der Waals surface area contributed by atoms with Crippen molar-refractivity contribution in [2.24, 2.45) is 14.1 Å². The minimum absolute atomic E-state index is 0.285. The molecule has 0 spiro atoms. The highest BCUT2D eigenvalue weighted by molar-refractivity contribution is 7.98. The highest BCUT2D eigenvalue weighted by atomic mass is 32.2. The first-order valence-corrected chi connectivity index (χ1v) is 9.18. The number of aryl methyl sites for hydroxylation is 3. The van der Waals surface area contributed by atoms with E-state index in [1.807, 2.05) is 13.0 Å². The van der Waals surface area contributed by atoms with E-state index in [1.165, 1.54) is 22.7 Å². The minimum Gasteiger partial charge on any atom is -0.280 e. The lowest BCUT2D eigenvalue weighted by atomic mass is 10.2. The molecule has 5 nitrogen and oxygen atoms in total. The molecule has 0 aliphatic heterocycles. The van der Waals surface area contributed by atoms with E-state index in [0.717, 1.165) is 27.2 Å². The fourth-order valence-corrected chi connectivity index (χ4v) is 4.11. The Labute approximate surface area is 150 Å². The van der Waals surface area contributed by atoms with E-state index < -0.39 is 0 Å². The normalized spacial score (nSPS) is 11.2. The van der Waals surface area contributed by atoms with E-state index in [0.29, 0.717) is 11.0 Å². The van der Waals surface area contributed by atoms with Crippen LogP contribution in [0.2, 0.25) is 0 Å². The van der Waals surface area contributed by atoms with Crippen LogP contribution in [0.5, 0.6) is 0 Å². The molecule has 0 unspecified atom stereocenters. The van der Waals surface area contributed by atoms with Gasteiger partial charge in [-0.15, -0.1) is 11.8 Å². The number of aromatic nitrogens is 3. The monoisotopic (exact) mass is 355 g/mol. The zero-order valence-corrected chi connectivity index (χ0v) is 15.7. The Morgan fingerprint density at radius 2 is 1.92 bits per heavy atom. The number of rotatable bonds is 4. The van der Waals surface area contributed by atoms with Gasteiger partial charge in [-0.05, 0) is 24.5 Å². The van der Waals surface area contributed by atoms with Crippen molar-refractivity contribution in [3.05, 3.63) is 68.0 Å². The van der Waals surface area contributed by atoms with Crippen molar-refractivity contribution in [1.82, 2.24) is 14.1 Å². The van der Waals surface area contributed by atoms with Crippen LogP contribution in [-0.2, 0) is 26.3 Å². The zero-order chi connectivity index (χ0) is 18.1. The Balaban J connectivity index is 2.18. The van der Waals surface area contributed by atoms with Gasteiger partial charge in [0.25, 0.3) is 5.56 Å². The van der Waals surface area contributed by atoms with Crippen LogP contribution in [0.4, 0.5) is 0 Å². The van der Waals surface area contributed by atoms with Crippen LogP contribution in [0, 0.1) is 6.92 Å². The van der Waals surface area contributed by atoms with Gasteiger partial charge in [0.05, 0.1) is 5.39 Å². The van der Waals surface area contributed by atoms with Gasteiger partial charge >= 0.3 is 5.69 Å². The van der Waals surface area contributed by atoms with Crippen LogP contribution in [0.3, 0.4) is 0 Å². The van der Waals surface area contributed by atoms with Gasteiger partial charge in [0.2, 0.25) is 0 Å². The molecule has 0 saturated heterocycles. The van der Waals surface area contributed by atoms with Crippen molar-refractivity contribution in [2.45, 2.75) is 30.9 Å². The van der Waals surface area contributed by atoms with Crippen molar-refractivity contribution in [1.29, 1.82) is 0 Å². The lowest BCUT2D eigenvalue weighted by molar-refractivity contribution is 0.705. The third-order valence-electron chi connectivity index (χ3n) is 4.34. The molecule has 2 aromatic heterocycles. The van der Waals surface area contributed by atoms with Gasteiger partial charge in [-0.1, -0.05) is 36.8 Å². The standard InChI is InChI=1S/C19H21N3O2S/c1-5-14-10-20-17-15(18(23)22(4)19(24)21(17)3)16(14)25-11-13-8-6-7-12(2)9-13/h6-10H,5,11H2,1-4H3. The number of hydrogen-bond donors (Lipinski definition) is 0. The van der Waals surface area contributed by atoms with E-state index in [1.54, 1.807) is 25.0 Å². The zero-order valence-electron chi connectivity index (χ0n) is 14.9. The van der Waals surface area contributed by atoms with Crippen molar-refractivity contribution >= 4 is 22.8 Å². The number of nitrogens with zero attached hydrogens (tertiary/aromatic N) is 3. The molecule has 3 aromatic rings. The summed E-state index contributed by atoms with van der Waals surface area (Å²) in [6, 6.07) is 8.34. The van der Waals surface area contributed by atoms with Gasteiger partial charge in [0.1, 0.15) is 5.65 Å². The Kier molecular flexibility index (Phi) is 4.81. The van der Waals surface area contributed by atoms with Crippen LogP contribution in [-0.4, -0.2) is 14.1 Å². The molecule has 1 aromatic carbocycles. The second-order valence-corrected chi connectivity index (χ2v) is 7.13. The number of pyridine rings is 1. The van der Waals surface area contributed by atoms with Crippen molar-refractivity contribution in [3.63, 3.8) is 0 Å². The summed E-state index contributed by atoms with van der Waals surface area (Å²) >= 11 is 1.63. The summed E-state index contributed by atoms with van der Waals surface area (Å²) in [5.74, 6) is 0.764. The molecule has 0 radical (unpaired) electrons. The van der Waals surface area contributed by atoms with Gasteiger partial charge in [-0.3, -0.25) is 13.9 Å². The van der Waals surface area contributed by atoms with Gasteiger partial charge < -0.3 is 0 Å². The molecular weight excluding hydrogens is 334 g/mol. The molecule has 25 heavy (non-hydrogen) atoms. The first kappa shape index (κ1) is 17.5. The van der Waals surface area contributed by atoms with Gasteiger partial charge in [0, 0.05) is 30.9 Å². The molecule has 130 valence electrons. The van der Waals surface area contributed by atoms with Crippen LogP contribution in [0.15, 0.2) is 44.9 Å². The van der Waals surface area contributed by atoms with Crippen molar-refractivity contribution in [3.8, 4) is 0 Å². The van der Waals surface area contributed by atoms with Gasteiger partial charge in [0.15, 0.2) is 0 Å². The van der Waals surface area contributed by atoms with Crippen molar-refractivity contribution in [2.75, 3.05) is 0 Å². The summed E-state index contributed by atoms with van der Waals surface area (Å²) in [4.78, 5) is 30.2. The molecule has 0 fully saturated rings. The Morgan fingerprint density at radius 3 is 2.60 bits per heavy atom. The van der Waals surface area contributed by atoms with Crippen LogP contribution < -0.4 is 11.2 Å². The molecule has 0 N–H and O–H groups in total. The second kappa shape index (κ2) is 6.88. The molecule has 3 rings (SSSR count). The summed E-state index contributed by atoms with van der Waals surface area (Å²) in [6.07, 6.45) is 2.56. The molecule has 0 atom stereocenters. The maximum atomic E-state index is 12.8. The SMILES string of the molecule is CCc1cnc2c(c1SCc1cccc(C)c1)c(=O)n(C)c(=O)n2C. The largest absolute Gasteiger partial charge is 0.332 e. The predicted molar refractivity (Wildman–Crippen MR) is 102 cm³/mol. The number of benzene rings is 1. The average Bonchev–Trinajstić information content (AvgIpc) is 2.62. The van der Waals surface area contributed by atoms with E-state index in [4.69, 9.17) is 0 Å². The molecule has 0 aliphatic rings.